The van der Waals surface area contributed by atoms with Crippen LogP contribution in [0.3, 0.4) is 0 Å². The normalized spacial score (nSPS) is 14.8. The molecule has 36 heavy (non-hydrogen) atoms. The molecular weight excluding hydrogens is 517 g/mol. The van der Waals surface area contributed by atoms with Crippen molar-refractivity contribution in [1.82, 2.24) is 0 Å². The fraction of sp³-hybridized carbons (Fsp3) is 0.290. The molecule has 0 aliphatic carbocycles. The molecule has 0 saturated carbocycles. The van der Waals surface area contributed by atoms with Crippen molar-refractivity contribution in [3.63, 3.8) is 0 Å². The molecule has 7 rings (SSSR count). The van der Waals surface area contributed by atoms with Crippen LogP contribution in [0.15, 0.2) is 48.5 Å². The highest BCUT2D eigenvalue weighted by Gasteiger charge is 2.37. The van der Waals surface area contributed by atoms with Crippen LogP contribution in [-0.2, 0) is 5.60 Å². The minimum absolute atomic E-state index is 0.334. The second-order valence-corrected chi connectivity index (χ2v) is 15.2. The lowest BCUT2D eigenvalue weighted by atomic mass is 9.95. The Kier molecular flexibility index (Phi) is 5.05. The van der Waals surface area contributed by atoms with Crippen LogP contribution in [0.4, 0.5) is 0 Å². The smallest absolute Gasteiger partial charge is 0.140 e. The molecule has 1 aliphatic rings. The lowest BCUT2D eigenvalue weighted by molar-refractivity contribution is 0.107. The molecule has 5 heteroatoms. The number of benzene rings is 2. The number of hydrogen-bond acceptors (Lipinski definition) is 5. The van der Waals surface area contributed by atoms with Gasteiger partial charge in [-0.15, -0.1) is 45.3 Å². The fourth-order valence-corrected chi connectivity index (χ4v) is 10.4. The van der Waals surface area contributed by atoms with Crippen molar-refractivity contribution in [3.8, 4) is 25.3 Å². The first-order chi connectivity index (χ1) is 17.2. The Morgan fingerprint density at radius 3 is 2.25 bits per heavy atom. The minimum atomic E-state index is -0.334. The Hall–Kier alpha value is -2.18. The summed E-state index contributed by atoms with van der Waals surface area (Å²) in [5, 5.41) is 5.58. The van der Waals surface area contributed by atoms with Gasteiger partial charge in [-0.25, -0.2) is 0 Å². The number of ether oxygens (including phenoxy) is 1. The fourth-order valence-electron chi connectivity index (χ4n) is 5.35. The summed E-state index contributed by atoms with van der Waals surface area (Å²) < 4.78 is 9.32. The molecule has 0 radical (unpaired) electrons. The highest BCUT2D eigenvalue weighted by Crippen LogP contribution is 2.56. The van der Waals surface area contributed by atoms with Crippen molar-refractivity contribution < 1.29 is 4.74 Å². The maximum Gasteiger partial charge on any atom is 0.140 e. The van der Waals surface area contributed by atoms with Gasteiger partial charge in [0.05, 0.1) is 14.6 Å². The van der Waals surface area contributed by atoms with Crippen LogP contribution in [0.25, 0.3) is 50.5 Å². The molecule has 5 heterocycles. The predicted molar refractivity (Wildman–Crippen MR) is 163 cm³/mol. The molecule has 4 aromatic heterocycles. The van der Waals surface area contributed by atoms with Crippen LogP contribution < -0.4 is 4.74 Å². The molecule has 2 aromatic carbocycles. The molecule has 6 aromatic rings. The van der Waals surface area contributed by atoms with Crippen molar-refractivity contribution in [2.75, 3.05) is 0 Å². The van der Waals surface area contributed by atoms with E-state index >= 15 is 0 Å². The van der Waals surface area contributed by atoms with Crippen molar-refractivity contribution in [1.29, 1.82) is 0 Å². The van der Waals surface area contributed by atoms with Gasteiger partial charge in [0.1, 0.15) is 11.4 Å². The summed E-state index contributed by atoms with van der Waals surface area (Å²) in [6.07, 6.45) is 0. The second kappa shape index (κ2) is 7.91. The Morgan fingerprint density at radius 1 is 0.667 bits per heavy atom. The van der Waals surface area contributed by atoms with Gasteiger partial charge in [0.2, 0.25) is 0 Å². The molecular formula is C31H28OS4. The highest BCUT2D eigenvalue weighted by atomic mass is 32.1. The SMILES string of the molecule is CC(C)c1cc2c(s1)-c1sc(-c3sc(C(C)C)c4cc5c(cc34)sc3ccccc35)cc1C(C)(C)O2. The lowest BCUT2D eigenvalue weighted by Crippen LogP contribution is -2.27. The Labute approximate surface area is 228 Å². The predicted octanol–water partition coefficient (Wildman–Crippen LogP) is 11.6. The third-order valence-electron chi connectivity index (χ3n) is 7.23. The van der Waals surface area contributed by atoms with Gasteiger partial charge in [-0.3, -0.25) is 0 Å². The molecule has 1 nitrogen and oxygen atoms in total. The molecule has 182 valence electrons. The molecule has 0 unspecified atom stereocenters. The van der Waals surface area contributed by atoms with E-state index in [9.17, 15) is 0 Å². The molecule has 0 bridgehead atoms. The van der Waals surface area contributed by atoms with Crippen LogP contribution >= 0.6 is 45.3 Å². The van der Waals surface area contributed by atoms with Crippen LogP contribution in [0.2, 0.25) is 0 Å². The number of fused-ring (bicyclic) bond motifs is 7. The van der Waals surface area contributed by atoms with Crippen LogP contribution in [-0.4, -0.2) is 0 Å². The molecule has 1 aliphatic heterocycles. The van der Waals surface area contributed by atoms with E-state index in [1.165, 1.54) is 65.8 Å². The van der Waals surface area contributed by atoms with Gasteiger partial charge in [-0.1, -0.05) is 45.9 Å². The first-order valence-electron chi connectivity index (χ1n) is 12.6. The first-order valence-corrected chi connectivity index (χ1v) is 15.8. The highest BCUT2D eigenvalue weighted by molar-refractivity contribution is 7.28. The Bertz CT molecular complexity index is 1800. The van der Waals surface area contributed by atoms with E-state index in [0.29, 0.717) is 11.8 Å². The minimum Gasteiger partial charge on any atom is -0.482 e. The van der Waals surface area contributed by atoms with Crippen molar-refractivity contribution >= 4 is 76.3 Å². The zero-order chi connectivity index (χ0) is 24.9. The van der Waals surface area contributed by atoms with Crippen LogP contribution in [0.5, 0.6) is 5.75 Å². The lowest BCUT2D eigenvalue weighted by Gasteiger charge is -2.31. The van der Waals surface area contributed by atoms with E-state index in [2.05, 4.69) is 90.1 Å². The third-order valence-corrected chi connectivity index (χ3v) is 12.8. The Morgan fingerprint density at radius 2 is 1.47 bits per heavy atom. The zero-order valence-corrected chi connectivity index (χ0v) is 24.6. The summed E-state index contributed by atoms with van der Waals surface area (Å²) in [4.78, 5) is 8.36. The van der Waals surface area contributed by atoms with Gasteiger partial charge < -0.3 is 4.74 Å². The molecule has 0 amide bonds. The summed E-state index contributed by atoms with van der Waals surface area (Å²) in [5.74, 6) is 2.05. The average molecular weight is 545 g/mol. The molecule has 0 atom stereocenters. The first kappa shape index (κ1) is 23.0. The summed E-state index contributed by atoms with van der Waals surface area (Å²) in [7, 11) is 0. The molecule has 0 N–H and O–H groups in total. The van der Waals surface area contributed by atoms with Crippen LogP contribution in [0, 0.1) is 0 Å². The summed E-state index contributed by atoms with van der Waals surface area (Å²) in [6.45, 7) is 13.6. The van der Waals surface area contributed by atoms with Crippen molar-refractivity contribution in [2.45, 2.75) is 59.0 Å². The van der Waals surface area contributed by atoms with Gasteiger partial charge in [0.25, 0.3) is 0 Å². The van der Waals surface area contributed by atoms with E-state index in [1.54, 1.807) is 0 Å². The quantitative estimate of drug-likeness (QED) is 0.215. The third kappa shape index (κ3) is 3.29. The van der Waals surface area contributed by atoms with Crippen molar-refractivity contribution in [3.05, 3.63) is 63.8 Å². The van der Waals surface area contributed by atoms with E-state index in [0.717, 1.165) is 5.75 Å². The molecule has 0 fully saturated rings. The monoisotopic (exact) mass is 544 g/mol. The number of thiophene rings is 4. The van der Waals surface area contributed by atoms with Gasteiger partial charge in [-0.05, 0) is 61.4 Å². The summed E-state index contributed by atoms with van der Waals surface area (Å²) in [5.41, 5.74) is 0.988. The van der Waals surface area contributed by atoms with Gasteiger partial charge in [0.15, 0.2) is 0 Å². The van der Waals surface area contributed by atoms with Gasteiger partial charge in [0, 0.05) is 45.8 Å². The number of rotatable bonds is 3. The van der Waals surface area contributed by atoms with E-state index in [1.807, 2.05) is 45.3 Å². The Balaban J connectivity index is 1.48. The van der Waals surface area contributed by atoms with Crippen LogP contribution in [0.1, 0.15) is 68.7 Å². The van der Waals surface area contributed by atoms with E-state index in [-0.39, 0.29) is 5.60 Å². The van der Waals surface area contributed by atoms with Gasteiger partial charge >= 0.3 is 0 Å². The number of hydrogen-bond donors (Lipinski definition) is 0. The summed E-state index contributed by atoms with van der Waals surface area (Å²) >= 11 is 7.75. The molecule has 0 saturated heterocycles. The molecule has 0 spiro atoms. The summed E-state index contributed by atoms with van der Waals surface area (Å²) in [6, 6.07) is 18.4. The standard InChI is InChI=1S/C31H28OS4/c1-15(2)24-14-22-30(34-24)29-21(31(5,6)32-22)13-26(35-29)28-20-12-25-18(11-19(20)27(36-28)16(3)4)17-9-7-8-10-23(17)33-25/h7-16H,1-6H3. The largest absolute Gasteiger partial charge is 0.482 e. The van der Waals surface area contributed by atoms with Gasteiger partial charge in [-0.2, -0.15) is 0 Å². The maximum atomic E-state index is 6.57. The van der Waals surface area contributed by atoms with Crippen molar-refractivity contribution in [2.24, 2.45) is 0 Å². The topological polar surface area (TPSA) is 9.23 Å². The average Bonchev–Trinajstić information content (AvgIpc) is 3.58. The zero-order valence-electron chi connectivity index (χ0n) is 21.3. The maximum absolute atomic E-state index is 6.57. The van der Waals surface area contributed by atoms with E-state index < -0.39 is 0 Å². The van der Waals surface area contributed by atoms with E-state index in [4.69, 9.17) is 4.74 Å². The second-order valence-electron chi connectivity index (χ2n) is 10.9.